The molecule has 2 rings (SSSR count). The van der Waals surface area contributed by atoms with Gasteiger partial charge in [-0.25, -0.2) is 0 Å². The zero-order chi connectivity index (χ0) is 15.9. The lowest BCUT2D eigenvalue weighted by atomic mass is 10.2. The molecule has 1 aromatic carbocycles. The Morgan fingerprint density at radius 3 is 2.59 bits per heavy atom. The molecule has 0 fully saturated rings. The highest BCUT2D eigenvalue weighted by Gasteiger charge is 2.08. The maximum atomic E-state index is 11.7. The molecule has 1 heterocycles. The highest BCUT2D eigenvalue weighted by molar-refractivity contribution is 5.94. The Kier molecular flexibility index (Phi) is 5.13. The fraction of sp³-hybridized carbons (Fsp3) is 0.267. The number of benzene rings is 1. The molecule has 0 radical (unpaired) electrons. The maximum absolute atomic E-state index is 11.7. The molecule has 7 heteroatoms. The summed E-state index contributed by atoms with van der Waals surface area (Å²) in [5, 5.41) is 8.90. The van der Waals surface area contributed by atoms with Crippen molar-refractivity contribution >= 4 is 17.6 Å². The zero-order valence-corrected chi connectivity index (χ0v) is 12.4. The standard InChI is InChI=1S/C15H17N3O4/c1-3-16-15(20)11-4-6-12(7-5-11)21-9-14(19)17-13-8-10(2)22-18-13/h4-8H,3,9H2,1-2H3,(H,16,20)(H,17,18,19). The molecule has 2 N–H and O–H groups in total. The molecule has 1 aromatic heterocycles. The van der Waals surface area contributed by atoms with E-state index in [1.165, 1.54) is 0 Å². The van der Waals surface area contributed by atoms with E-state index in [2.05, 4.69) is 15.8 Å². The van der Waals surface area contributed by atoms with Crippen molar-refractivity contribution in [1.82, 2.24) is 10.5 Å². The largest absolute Gasteiger partial charge is 0.484 e. The van der Waals surface area contributed by atoms with Crippen LogP contribution in [0.5, 0.6) is 5.75 Å². The topological polar surface area (TPSA) is 93.5 Å². The Morgan fingerprint density at radius 1 is 1.27 bits per heavy atom. The summed E-state index contributed by atoms with van der Waals surface area (Å²) in [7, 11) is 0. The molecule has 0 saturated carbocycles. The Bertz CT molecular complexity index is 649. The minimum atomic E-state index is -0.346. The van der Waals surface area contributed by atoms with Crippen molar-refractivity contribution in [2.75, 3.05) is 18.5 Å². The molecular formula is C15H17N3O4. The van der Waals surface area contributed by atoms with Gasteiger partial charge in [0.05, 0.1) is 0 Å². The quantitative estimate of drug-likeness (QED) is 0.848. The number of ether oxygens (including phenoxy) is 1. The Labute approximate surface area is 127 Å². The molecule has 0 aliphatic rings. The highest BCUT2D eigenvalue weighted by atomic mass is 16.5. The van der Waals surface area contributed by atoms with Crippen LogP contribution in [0.25, 0.3) is 0 Å². The van der Waals surface area contributed by atoms with E-state index in [0.29, 0.717) is 29.4 Å². The molecule has 0 saturated heterocycles. The number of rotatable bonds is 6. The van der Waals surface area contributed by atoms with Crippen LogP contribution in [0.3, 0.4) is 0 Å². The predicted molar refractivity (Wildman–Crippen MR) is 79.8 cm³/mol. The Hall–Kier alpha value is -2.83. The van der Waals surface area contributed by atoms with Crippen LogP contribution in [0.4, 0.5) is 5.82 Å². The fourth-order valence-electron chi connectivity index (χ4n) is 1.72. The van der Waals surface area contributed by atoms with Crippen LogP contribution in [0, 0.1) is 6.92 Å². The first-order chi connectivity index (χ1) is 10.6. The molecule has 2 amide bonds. The Balaban J connectivity index is 1.83. The first kappa shape index (κ1) is 15.6. The summed E-state index contributed by atoms with van der Waals surface area (Å²) in [5.41, 5.74) is 0.539. The second-order valence-corrected chi connectivity index (χ2v) is 4.54. The average molecular weight is 303 g/mol. The minimum Gasteiger partial charge on any atom is -0.484 e. The van der Waals surface area contributed by atoms with Crippen molar-refractivity contribution in [2.45, 2.75) is 13.8 Å². The third-order valence-electron chi connectivity index (χ3n) is 2.72. The molecule has 7 nitrogen and oxygen atoms in total. The van der Waals surface area contributed by atoms with Crippen molar-refractivity contribution in [1.29, 1.82) is 0 Å². The molecule has 0 bridgehead atoms. The monoisotopic (exact) mass is 303 g/mol. The van der Waals surface area contributed by atoms with Crippen molar-refractivity contribution in [3.8, 4) is 5.75 Å². The summed E-state index contributed by atoms with van der Waals surface area (Å²) in [6.45, 7) is 3.99. The van der Waals surface area contributed by atoms with E-state index in [9.17, 15) is 9.59 Å². The molecule has 0 aliphatic carbocycles. The number of amides is 2. The maximum Gasteiger partial charge on any atom is 0.263 e. The van der Waals surface area contributed by atoms with Crippen molar-refractivity contribution in [3.05, 3.63) is 41.7 Å². The van der Waals surface area contributed by atoms with Crippen LogP contribution in [0.1, 0.15) is 23.0 Å². The lowest BCUT2D eigenvalue weighted by Gasteiger charge is -2.07. The summed E-state index contributed by atoms with van der Waals surface area (Å²) < 4.78 is 10.2. The number of aromatic nitrogens is 1. The lowest BCUT2D eigenvalue weighted by molar-refractivity contribution is -0.118. The van der Waals surface area contributed by atoms with Crippen LogP contribution >= 0.6 is 0 Å². The lowest BCUT2D eigenvalue weighted by Crippen LogP contribution is -2.22. The molecule has 2 aromatic rings. The van der Waals surface area contributed by atoms with Crippen molar-refractivity contribution in [3.63, 3.8) is 0 Å². The first-order valence-electron chi connectivity index (χ1n) is 6.82. The number of nitrogens with one attached hydrogen (secondary N) is 2. The van der Waals surface area contributed by atoms with Crippen molar-refractivity contribution < 1.29 is 18.8 Å². The molecule has 0 spiro atoms. The van der Waals surface area contributed by atoms with Gasteiger partial charge in [-0.05, 0) is 38.1 Å². The van der Waals surface area contributed by atoms with Gasteiger partial charge in [-0.3, -0.25) is 9.59 Å². The highest BCUT2D eigenvalue weighted by Crippen LogP contribution is 2.12. The molecule has 0 atom stereocenters. The SMILES string of the molecule is CCNC(=O)c1ccc(OCC(=O)Nc2cc(C)on2)cc1. The van der Waals surface area contributed by atoms with Crippen molar-refractivity contribution in [2.24, 2.45) is 0 Å². The molecule has 0 unspecified atom stereocenters. The number of nitrogens with zero attached hydrogens (tertiary/aromatic N) is 1. The molecule has 22 heavy (non-hydrogen) atoms. The number of hydrogen-bond donors (Lipinski definition) is 2. The zero-order valence-electron chi connectivity index (χ0n) is 12.4. The van der Waals surface area contributed by atoms with Gasteiger partial charge in [-0.2, -0.15) is 0 Å². The summed E-state index contributed by atoms with van der Waals surface area (Å²) in [5.74, 6) is 0.962. The van der Waals surface area contributed by atoms with E-state index in [4.69, 9.17) is 9.26 Å². The third kappa shape index (κ3) is 4.34. The Morgan fingerprint density at radius 2 is 2.00 bits per heavy atom. The van der Waals surface area contributed by atoms with Gasteiger partial charge in [0.1, 0.15) is 11.5 Å². The molecule has 116 valence electrons. The number of aryl methyl sites for hydroxylation is 1. The van der Waals surface area contributed by atoms with Gasteiger partial charge in [0.25, 0.3) is 11.8 Å². The average Bonchev–Trinajstić information content (AvgIpc) is 2.91. The van der Waals surface area contributed by atoms with Crippen LogP contribution in [0.2, 0.25) is 0 Å². The van der Waals surface area contributed by atoms with E-state index < -0.39 is 0 Å². The van der Waals surface area contributed by atoms with Gasteiger partial charge >= 0.3 is 0 Å². The van der Waals surface area contributed by atoms with Gasteiger partial charge < -0.3 is 19.9 Å². The van der Waals surface area contributed by atoms with E-state index in [1.54, 1.807) is 37.3 Å². The predicted octanol–water partition coefficient (Wildman–Crippen LogP) is 1.75. The number of anilines is 1. The smallest absolute Gasteiger partial charge is 0.263 e. The minimum absolute atomic E-state index is 0.145. The second kappa shape index (κ2) is 7.26. The van der Waals surface area contributed by atoms with E-state index >= 15 is 0 Å². The second-order valence-electron chi connectivity index (χ2n) is 4.54. The normalized spacial score (nSPS) is 10.1. The number of hydrogen-bond acceptors (Lipinski definition) is 5. The van der Waals surface area contributed by atoms with Gasteiger partial charge in [-0.1, -0.05) is 5.16 Å². The van der Waals surface area contributed by atoms with Gasteiger partial charge in [0.2, 0.25) is 0 Å². The summed E-state index contributed by atoms with van der Waals surface area (Å²) in [4.78, 5) is 23.3. The van der Waals surface area contributed by atoms with Crippen LogP contribution in [-0.4, -0.2) is 30.1 Å². The third-order valence-corrected chi connectivity index (χ3v) is 2.72. The van der Waals surface area contributed by atoms with Crippen LogP contribution in [0.15, 0.2) is 34.9 Å². The van der Waals surface area contributed by atoms with Gasteiger partial charge in [-0.15, -0.1) is 0 Å². The molecular weight excluding hydrogens is 286 g/mol. The summed E-state index contributed by atoms with van der Waals surface area (Å²) in [6, 6.07) is 8.16. The van der Waals surface area contributed by atoms with Gasteiger partial charge in [0.15, 0.2) is 12.4 Å². The molecule has 0 aliphatic heterocycles. The van der Waals surface area contributed by atoms with E-state index in [-0.39, 0.29) is 18.4 Å². The first-order valence-corrected chi connectivity index (χ1v) is 6.82. The number of carbonyl (C=O) groups is 2. The van der Waals surface area contributed by atoms with E-state index in [0.717, 1.165) is 0 Å². The summed E-state index contributed by atoms with van der Waals surface area (Å²) in [6.07, 6.45) is 0. The fourth-order valence-corrected chi connectivity index (χ4v) is 1.72. The van der Waals surface area contributed by atoms with E-state index in [1.807, 2.05) is 6.92 Å². The van der Waals surface area contributed by atoms with Gasteiger partial charge in [0, 0.05) is 18.2 Å². The van der Waals surface area contributed by atoms with Crippen LogP contribution in [-0.2, 0) is 4.79 Å². The summed E-state index contributed by atoms with van der Waals surface area (Å²) >= 11 is 0. The van der Waals surface area contributed by atoms with Crippen LogP contribution < -0.4 is 15.4 Å². The number of carbonyl (C=O) groups excluding carboxylic acids is 2.